The summed E-state index contributed by atoms with van der Waals surface area (Å²) in [4.78, 5) is 2.40. The number of furan rings is 1. The van der Waals surface area contributed by atoms with Gasteiger partial charge in [-0.05, 0) is 111 Å². The van der Waals surface area contributed by atoms with Gasteiger partial charge in [-0.25, -0.2) is 0 Å². The molecule has 10 aromatic carbocycles. The summed E-state index contributed by atoms with van der Waals surface area (Å²) in [6, 6.07) is 78.7. The highest BCUT2D eigenvalue weighted by Gasteiger charge is 2.23. The van der Waals surface area contributed by atoms with Gasteiger partial charge in [0.25, 0.3) is 0 Å². The summed E-state index contributed by atoms with van der Waals surface area (Å²) in [5.41, 5.74) is 13.1. The Labute approximate surface area is 341 Å². The Morgan fingerprint density at radius 3 is 1.83 bits per heavy atom. The smallest absolute Gasteiger partial charge is 0.145 e. The van der Waals surface area contributed by atoms with Gasteiger partial charge in [0.15, 0.2) is 0 Å². The predicted molar refractivity (Wildman–Crippen MR) is 249 cm³/mol. The predicted octanol–water partition coefficient (Wildman–Crippen LogP) is 15.8. The summed E-state index contributed by atoms with van der Waals surface area (Å²) >= 11 is 0. The van der Waals surface area contributed by atoms with Crippen molar-refractivity contribution in [3.8, 4) is 27.9 Å². The number of nitrogens with zero attached hydrogens (tertiary/aromatic N) is 2. The van der Waals surface area contributed by atoms with Crippen LogP contribution in [-0.2, 0) is 0 Å². The first-order chi connectivity index (χ1) is 29.3. The summed E-state index contributed by atoms with van der Waals surface area (Å²) in [6.07, 6.45) is 0. The maximum atomic E-state index is 6.77. The van der Waals surface area contributed by atoms with Crippen LogP contribution in [0.2, 0.25) is 0 Å². The standard InChI is InChI=1S/C56H36N2O/c1-3-13-38(14-4-1)46-32-34-53(55-48-20-10-12-22-54(48)59-56(46)55)57(44-31-27-40-24-23-39-15-7-8-18-45(39)49(40)36-44)43-29-25-37(26-30-43)41-28-33-52-50(35-41)47-19-9-11-21-51(47)58(52)42-16-5-2-6-17-42/h1-36H. The summed E-state index contributed by atoms with van der Waals surface area (Å²) in [5, 5.41) is 9.57. The Balaban J connectivity index is 1.06. The molecule has 0 bridgehead atoms. The van der Waals surface area contributed by atoms with Crippen molar-refractivity contribution in [3.63, 3.8) is 0 Å². The van der Waals surface area contributed by atoms with Crippen LogP contribution in [0.4, 0.5) is 17.1 Å². The number of anilines is 3. The van der Waals surface area contributed by atoms with E-state index in [-0.39, 0.29) is 0 Å². The molecule has 0 aliphatic carbocycles. The van der Waals surface area contributed by atoms with E-state index in [1.165, 1.54) is 48.9 Å². The molecule has 3 heteroatoms. The van der Waals surface area contributed by atoms with E-state index in [2.05, 4.69) is 222 Å². The fraction of sp³-hybridized carbons (Fsp3) is 0. The number of aromatic nitrogens is 1. The first-order valence-electron chi connectivity index (χ1n) is 20.2. The molecule has 0 fully saturated rings. The van der Waals surface area contributed by atoms with E-state index >= 15 is 0 Å². The summed E-state index contributed by atoms with van der Waals surface area (Å²) in [6.45, 7) is 0. The minimum Gasteiger partial charge on any atom is -0.455 e. The Morgan fingerprint density at radius 1 is 0.373 bits per heavy atom. The minimum absolute atomic E-state index is 0.871. The van der Waals surface area contributed by atoms with Crippen molar-refractivity contribution in [2.45, 2.75) is 0 Å². The average Bonchev–Trinajstić information content (AvgIpc) is 3.86. The molecule has 0 atom stereocenters. The molecule has 276 valence electrons. The quantitative estimate of drug-likeness (QED) is 0.158. The molecule has 0 saturated carbocycles. The normalized spacial score (nSPS) is 11.7. The van der Waals surface area contributed by atoms with Crippen LogP contribution in [-0.4, -0.2) is 4.57 Å². The fourth-order valence-corrected chi connectivity index (χ4v) is 9.21. The van der Waals surface area contributed by atoms with Gasteiger partial charge >= 0.3 is 0 Å². The van der Waals surface area contributed by atoms with Gasteiger partial charge in [-0.2, -0.15) is 0 Å². The highest BCUT2D eigenvalue weighted by molar-refractivity contribution is 6.18. The molecule has 2 aromatic heterocycles. The summed E-state index contributed by atoms with van der Waals surface area (Å²) in [5.74, 6) is 0. The van der Waals surface area contributed by atoms with Crippen LogP contribution in [0.1, 0.15) is 0 Å². The van der Waals surface area contributed by atoms with Gasteiger partial charge in [-0.1, -0.05) is 146 Å². The van der Waals surface area contributed by atoms with E-state index in [1.807, 2.05) is 6.07 Å². The van der Waals surface area contributed by atoms with Crippen molar-refractivity contribution >= 4 is 82.4 Å². The van der Waals surface area contributed by atoms with E-state index in [4.69, 9.17) is 4.42 Å². The second kappa shape index (κ2) is 13.4. The SMILES string of the molecule is c1ccc(-c2ccc(N(c3ccc(-c4ccc5c(c4)c4ccccc4n5-c4ccccc4)cc3)c3ccc4ccc5ccccc5c4c3)c3c2oc2ccccc23)cc1. The summed E-state index contributed by atoms with van der Waals surface area (Å²) < 4.78 is 9.14. The Hall–Kier alpha value is -7.88. The minimum atomic E-state index is 0.871. The maximum Gasteiger partial charge on any atom is 0.145 e. The van der Waals surface area contributed by atoms with Crippen molar-refractivity contribution in [2.24, 2.45) is 0 Å². The van der Waals surface area contributed by atoms with Crippen LogP contribution in [0.5, 0.6) is 0 Å². The molecule has 0 aliphatic heterocycles. The molecule has 0 unspecified atom stereocenters. The lowest BCUT2D eigenvalue weighted by Crippen LogP contribution is -2.10. The van der Waals surface area contributed by atoms with Crippen LogP contribution in [0.15, 0.2) is 223 Å². The third-order valence-electron chi connectivity index (χ3n) is 12.0. The monoisotopic (exact) mass is 752 g/mol. The van der Waals surface area contributed by atoms with Gasteiger partial charge in [0.1, 0.15) is 11.2 Å². The average molecular weight is 753 g/mol. The van der Waals surface area contributed by atoms with Crippen molar-refractivity contribution in [3.05, 3.63) is 218 Å². The van der Waals surface area contributed by atoms with Gasteiger partial charge in [-0.15, -0.1) is 0 Å². The highest BCUT2D eigenvalue weighted by atomic mass is 16.3. The molecule has 3 nitrogen and oxygen atoms in total. The Morgan fingerprint density at radius 2 is 1.00 bits per heavy atom. The molecule has 0 aliphatic rings. The van der Waals surface area contributed by atoms with Crippen molar-refractivity contribution in [1.29, 1.82) is 0 Å². The second-order valence-corrected chi connectivity index (χ2v) is 15.3. The Bertz CT molecular complexity index is 3540. The lowest BCUT2D eigenvalue weighted by atomic mass is 9.98. The van der Waals surface area contributed by atoms with E-state index in [9.17, 15) is 0 Å². The maximum absolute atomic E-state index is 6.77. The highest BCUT2D eigenvalue weighted by Crippen LogP contribution is 2.47. The fourth-order valence-electron chi connectivity index (χ4n) is 9.21. The van der Waals surface area contributed by atoms with Crippen molar-refractivity contribution in [2.75, 3.05) is 4.90 Å². The van der Waals surface area contributed by atoms with E-state index in [0.29, 0.717) is 0 Å². The zero-order valence-corrected chi connectivity index (χ0v) is 32.1. The second-order valence-electron chi connectivity index (χ2n) is 15.3. The first-order valence-corrected chi connectivity index (χ1v) is 20.2. The molecular formula is C56H36N2O. The topological polar surface area (TPSA) is 21.3 Å². The molecule has 2 heterocycles. The number of para-hydroxylation sites is 3. The van der Waals surface area contributed by atoms with Gasteiger partial charge in [-0.3, -0.25) is 0 Å². The molecule has 12 aromatic rings. The third-order valence-corrected chi connectivity index (χ3v) is 12.0. The van der Waals surface area contributed by atoms with Gasteiger partial charge in [0, 0.05) is 38.8 Å². The number of rotatable bonds is 6. The van der Waals surface area contributed by atoms with Crippen LogP contribution in [0.3, 0.4) is 0 Å². The third kappa shape index (κ3) is 5.36. The molecular weight excluding hydrogens is 717 g/mol. The van der Waals surface area contributed by atoms with Crippen molar-refractivity contribution < 1.29 is 4.42 Å². The van der Waals surface area contributed by atoms with E-state index in [1.54, 1.807) is 0 Å². The molecule has 0 saturated heterocycles. The van der Waals surface area contributed by atoms with Crippen LogP contribution >= 0.6 is 0 Å². The lowest BCUT2D eigenvalue weighted by molar-refractivity contribution is 0.670. The number of hydrogen-bond acceptors (Lipinski definition) is 2. The van der Waals surface area contributed by atoms with Crippen LogP contribution < -0.4 is 4.90 Å². The zero-order chi connectivity index (χ0) is 38.9. The first kappa shape index (κ1) is 33.3. The van der Waals surface area contributed by atoms with Gasteiger partial charge in [0.05, 0.1) is 22.1 Å². The zero-order valence-electron chi connectivity index (χ0n) is 32.1. The van der Waals surface area contributed by atoms with E-state index in [0.717, 1.165) is 61.4 Å². The lowest BCUT2D eigenvalue weighted by Gasteiger charge is -2.27. The van der Waals surface area contributed by atoms with Crippen LogP contribution in [0.25, 0.3) is 93.2 Å². The number of fused-ring (bicyclic) bond motifs is 9. The van der Waals surface area contributed by atoms with Gasteiger partial charge in [0.2, 0.25) is 0 Å². The van der Waals surface area contributed by atoms with E-state index < -0.39 is 0 Å². The van der Waals surface area contributed by atoms with Gasteiger partial charge < -0.3 is 13.9 Å². The summed E-state index contributed by atoms with van der Waals surface area (Å²) in [7, 11) is 0. The Kier molecular flexibility index (Phi) is 7.54. The number of hydrogen-bond donors (Lipinski definition) is 0. The molecule has 12 rings (SSSR count). The van der Waals surface area contributed by atoms with Crippen LogP contribution in [0, 0.1) is 0 Å². The largest absolute Gasteiger partial charge is 0.455 e. The molecule has 0 spiro atoms. The molecule has 0 radical (unpaired) electrons. The molecule has 59 heavy (non-hydrogen) atoms. The van der Waals surface area contributed by atoms with Crippen molar-refractivity contribution in [1.82, 2.24) is 4.57 Å². The molecule has 0 N–H and O–H groups in total. The number of benzene rings is 10. The molecule has 0 amide bonds.